The zero-order valence-electron chi connectivity index (χ0n) is 19.6. The predicted octanol–water partition coefficient (Wildman–Crippen LogP) is 5.05. The fraction of sp³-hybridized carbons (Fsp3) is 0.346. The molecule has 34 heavy (non-hydrogen) atoms. The monoisotopic (exact) mass is 481 g/mol. The molecule has 2 aromatic carbocycles. The molecular weight excluding hydrogens is 454 g/mol. The number of ether oxygens (including phenoxy) is 2. The fourth-order valence-electron chi connectivity index (χ4n) is 3.74. The first-order valence-electron chi connectivity index (χ1n) is 11.2. The largest absolute Gasteiger partial charge is 0.444 e. The van der Waals surface area contributed by atoms with Crippen LogP contribution in [-0.4, -0.2) is 53.8 Å². The molecule has 1 fully saturated rings. The van der Waals surface area contributed by atoms with Gasteiger partial charge >= 0.3 is 6.09 Å². The zero-order chi connectivity index (χ0) is 24.3. The molecule has 1 aromatic heterocycles. The molecule has 7 nitrogen and oxygen atoms in total. The summed E-state index contributed by atoms with van der Waals surface area (Å²) >= 11 is 6.22. The molecule has 8 heteroatoms. The third kappa shape index (κ3) is 5.85. The van der Waals surface area contributed by atoms with Gasteiger partial charge in [-0.15, -0.1) is 0 Å². The lowest BCUT2D eigenvalue weighted by Gasteiger charge is -2.27. The fourth-order valence-corrected chi connectivity index (χ4v) is 3.91. The van der Waals surface area contributed by atoms with Crippen LogP contribution in [0, 0.1) is 0 Å². The smallest absolute Gasteiger partial charge is 0.407 e. The number of rotatable bonds is 4. The molecule has 1 N–H and O–H groups in total. The second kappa shape index (κ2) is 9.99. The molecule has 4 rings (SSSR count). The van der Waals surface area contributed by atoms with Crippen LogP contribution in [-0.2, 0) is 16.0 Å². The Balaban J connectivity index is 1.60. The molecule has 0 unspecified atom stereocenters. The van der Waals surface area contributed by atoms with Crippen LogP contribution in [0.15, 0.2) is 48.5 Å². The topological polar surface area (TPSA) is 80.8 Å². The van der Waals surface area contributed by atoms with Crippen LogP contribution < -0.4 is 5.32 Å². The molecule has 1 aliphatic heterocycles. The average Bonchev–Trinajstić information content (AvgIpc) is 2.81. The van der Waals surface area contributed by atoms with Gasteiger partial charge < -0.3 is 19.7 Å². The van der Waals surface area contributed by atoms with Crippen LogP contribution in [0.25, 0.3) is 22.2 Å². The normalized spacial score (nSPS) is 14.2. The van der Waals surface area contributed by atoms with Crippen LogP contribution in [0.3, 0.4) is 0 Å². The van der Waals surface area contributed by atoms with E-state index in [9.17, 15) is 9.59 Å². The molecule has 2 amide bonds. The zero-order valence-corrected chi connectivity index (χ0v) is 20.3. The molecule has 178 valence electrons. The number of aromatic nitrogens is 1. The Hall–Kier alpha value is -3.16. The predicted molar refractivity (Wildman–Crippen MR) is 132 cm³/mol. The number of carbonyl (C=O) groups is 2. The Bertz CT molecular complexity index is 1200. The van der Waals surface area contributed by atoms with E-state index in [-0.39, 0.29) is 5.91 Å². The number of pyridine rings is 1. The quantitative estimate of drug-likeness (QED) is 0.563. The third-order valence-corrected chi connectivity index (χ3v) is 5.62. The minimum Gasteiger partial charge on any atom is -0.444 e. The molecule has 0 bridgehead atoms. The van der Waals surface area contributed by atoms with Crippen molar-refractivity contribution in [1.82, 2.24) is 15.2 Å². The van der Waals surface area contributed by atoms with Gasteiger partial charge in [0, 0.05) is 35.6 Å². The molecular formula is C26H28ClN3O4. The second-order valence-electron chi connectivity index (χ2n) is 9.17. The number of benzene rings is 2. The molecule has 0 aliphatic carbocycles. The molecule has 0 radical (unpaired) electrons. The van der Waals surface area contributed by atoms with Crippen molar-refractivity contribution in [2.45, 2.75) is 32.9 Å². The number of halogens is 1. The van der Waals surface area contributed by atoms with Crippen molar-refractivity contribution in [3.05, 3.63) is 64.7 Å². The Morgan fingerprint density at radius 3 is 2.47 bits per heavy atom. The molecule has 2 heterocycles. The van der Waals surface area contributed by atoms with E-state index >= 15 is 0 Å². The van der Waals surface area contributed by atoms with Gasteiger partial charge in [-0.1, -0.05) is 41.9 Å². The highest BCUT2D eigenvalue weighted by Crippen LogP contribution is 2.28. The average molecular weight is 482 g/mol. The lowest BCUT2D eigenvalue weighted by Crippen LogP contribution is -2.40. The van der Waals surface area contributed by atoms with E-state index < -0.39 is 11.7 Å². The number of nitrogens with zero attached hydrogens (tertiary/aromatic N) is 2. The number of morpholine rings is 1. The summed E-state index contributed by atoms with van der Waals surface area (Å²) in [4.78, 5) is 31.8. The van der Waals surface area contributed by atoms with Gasteiger partial charge in [-0.3, -0.25) is 4.79 Å². The van der Waals surface area contributed by atoms with E-state index in [4.69, 9.17) is 26.1 Å². The highest BCUT2D eigenvalue weighted by molar-refractivity contribution is 6.31. The first-order valence-corrected chi connectivity index (χ1v) is 11.6. The van der Waals surface area contributed by atoms with E-state index in [1.807, 2.05) is 62.1 Å². The van der Waals surface area contributed by atoms with Crippen molar-refractivity contribution < 1.29 is 19.1 Å². The minimum atomic E-state index is -0.547. The summed E-state index contributed by atoms with van der Waals surface area (Å²) < 4.78 is 10.7. The highest BCUT2D eigenvalue weighted by atomic mass is 35.5. The molecule has 0 spiro atoms. The number of hydrogen-bond acceptors (Lipinski definition) is 5. The van der Waals surface area contributed by atoms with Crippen LogP contribution in [0.1, 0.15) is 36.7 Å². The number of nitrogens with one attached hydrogen (secondary N) is 1. The Morgan fingerprint density at radius 2 is 1.79 bits per heavy atom. The third-order valence-electron chi connectivity index (χ3n) is 5.39. The summed E-state index contributed by atoms with van der Waals surface area (Å²) in [5.74, 6) is -0.0440. The standard InChI is InChI=1S/C26H28ClN3O4/c1-26(2,3)34-25(32)28-16-17-4-6-18(7-5-17)22-15-21(24(31)30-10-12-33-13-11-30)20-9-8-19(27)14-23(20)29-22/h4-9,14-15H,10-13,16H2,1-3H3,(H,28,32). The van der Waals surface area contributed by atoms with Crippen molar-refractivity contribution in [2.75, 3.05) is 26.3 Å². The van der Waals surface area contributed by atoms with Crippen molar-refractivity contribution in [2.24, 2.45) is 0 Å². The van der Waals surface area contributed by atoms with E-state index in [0.717, 1.165) is 16.5 Å². The van der Waals surface area contributed by atoms with Crippen molar-refractivity contribution in [3.63, 3.8) is 0 Å². The minimum absolute atomic E-state index is 0.0440. The van der Waals surface area contributed by atoms with E-state index in [1.165, 1.54) is 0 Å². The Kier molecular flexibility index (Phi) is 7.05. The van der Waals surface area contributed by atoms with Crippen molar-refractivity contribution >= 4 is 34.5 Å². The SMILES string of the molecule is CC(C)(C)OC(=O)NCc1ccc(-c2cc(C(=O)N3CCOCC3)c3ccc(Cl)cc3n2)cc1. The van der Waals surface area contributed by atoms with Crippen LogP contribution in [0.5, 0.6) is 0 Å². The van der Waals surface area contributed by atoms with Gasteiger partial charge in [0.25, 0.3) is 5.91 Å². The Labute approximate surface area is 204 Å². The molecule has 0 saturated carbocycles. The lowest BCUT2D eigenvalue weighted by atomic mass is 10.0. The summed E-state index contributed by atoms with van der Waals surface area (Å²) in [5, 5.41) is 4.08. The van der Waals surface area contributed by atoms with Crippen molar-refractivity contribution in [3.8, 4) is 11.3 Å². The summed E-state index contributed by atoms with van der Waals surface area (Å²) in [6.45, 7) is 8.00. The molecule has 0 atom stereocenters. The summed E-state index contributed by atoms with van der Waals surface area (Å²) in [6.07, 6.45) is -0.462. The van der Waals surface area contributed by atoms with Gasteiger partial charge in [-0.2, -0.15) is 0 Å². The van der Waals surface area contributed by atoms with E-state index in [0.29, 0.717) is 54.6 Å². The van der Waals surface area contributed by atoms with Gasteiger partial charge in [0.05, 0.1) is 30.0 Å². The van der Waals surface area contributed by atoms with E-state index in [1.54, 1.807) is 12.1 Å². The van der Waals surface area contributed by atoms with Crippen LogP contribution in [0.4, 0.5) is 4.79 Å². The summed E-state index contributed by atoms with van der Waals surface area (Å²) in [7, 11) is 0. The maximum absolute atomic E-state index is 13.3. The molecule has 1 aliphatic rings. The number of fused-ring (bicyclic) bond motifs is 1. The second-order valence-corrected chi connectivity index (χ2v) is 9.61. The number of hydrogen-bond donors (Lipinski definition) is 1. The first kappa shape index (κ1) is 24.0. The van der Waals surface area contributed by atoms with E-state index in [2.05, 4.69) is 5.32 Å². The van der Waals surface area contributed by atoms with Gasteiger partial charge in [0.15, 0.2) is 0 Å². The summed E-state index contributed by atoms with van der Waals surface area (Å²) in [5.41, 5.74) is 3.17. The van der Waals surface area contributed by atoms with Crippen molar-refractivity contribution in [1.29, 1.82) is 0 Å². The van der Waals surface area contributed by atoms with Gasteiger partial charge in [-0.25, -0.2) is 9.78 Å². The maximum Gasteiger partial charge on any atom is 0.407 e. The number of amides is 2. The molecule has 3 aromatic rings. The maximum atomic E-state index is 13.3. The summed E-state index contributed by atoms with van der Waals surface area (Å²) in [6, 6.07) is 14.9. The lowest BCUT2D eigenvalue weighted by molar-refractivity contribution is 0.0304. The van der Waals surface area contributed by atoms with Gasteiger partial charge in [0.2, 0.25) is 0 Å². The number of alkyl carbamates (subject to hydrolysis) is 1. The number of carbonyl (C=O) groups excluding carboxylic acids is 2. The Morgan fingerprint density at radius 1 is 1.09 bits per heavy atom. The van der Waals surface area contributed by atoms with Gasteiger partial charge in [0.1, 0.15) is 5.60 Å². The van der Waals surface area contributed by atoms with Crippen LogP contribution >= 0.6 is 11.6 Å². The van der Waals surface area contributed by atoms with Gasteiger partial charge in [-0.05, 0) is 44.5 Å². The molecule has 1 saturated heterocycles. The highest BCUT2D eigenvalue weighted by Gasteiger charge is 2.22. The van der Waals surface area contributed by atoms with Crippen LogP contribution in [0.2, 0.25) is 5.02 Å². The first-order chi connectivity index (χ1) is 16.2.